The number of pyridine rings is 2. The SMILES string of the molecule is Cc1ccc2ncc(-c3cccc(N[C@H]4CNC[C@@H]4F)n3)n2c1. The summed E-state index contributed by atoms with van der Waals surface area (Å²) in [6.45, 7) is 3.05. The first-order valence-corrected chi connectivity index (χ1v) is 7.73. The van der Waals surface area contributed by atoms with Crippen LogP contribution < -0.4 is 10.6 Å². The van der Waals surface area contributed by atoms with Gasteiger partial charge in [0.25, 0.3) is 0 Å². The van der Waals surface area contributed by atoms with Gasteiger partial charge in [0.15, 0.2) is 0 Å². The Morgan fingerprint density at radius 2 is 2.17 bits per heavy atom. The van der Waals surface area contributed by atoms with Gasteiger partial charge < -0.3 is 10.6 Å². The van der Waals surface area contributed by atoms with Crippen LogP contribution in [-0.2, 0) is 0 Å². The van der Waals surface area contributed by atoms with Gasteiger partial charge in [-0.15, -0.1) is 0 Å². The van der Waals surface area contributed by atoms with Crippen LogP contribution in [0.3, 0.4) is 0 Å². The maximum Gasteiger partial charge on any atom is 0.137 e. The zero-order chi connectivity index (χ0) is 15.8. The molecule has 0 saturated carbocycles. The van der Waals surface area contributed by atoms with Crippen molar-refractivity contribution in [1.29, 1.82) is 0 Å². The number of imidazole rings is 1. The Kier molecular flexibility index (Phi) is 3.46. The summed E-state index contributed by atoms with van der Waals surface area (Å²) in [4.78, 5) is 9.04. The van der Waals surface area contributed by atoms with E-state index in [0.29, 0.717) is 18.9 Å². The van der Waals surface area contributed by atoms with E-state index in [2.05, 4.69) is 20.6 Å². The fourth-order valence-corrected chi connectivity index (χ4v) is 2.91. The molecule has 0 radical (unpaired) electrons. The molecule has 23 heavy (non-hydrogen) atoms. The first-order valence-electron chi connectivity index (χ1n) is 7.73. The predicted octanol–water partition coefficient (Wildman–Crippen LogP) is 2.43. The van der Waals surface area contributed by atoms with E-state index in [-0.39, 0.29) is 6.04 Å². The normalized spacial score (nSPS) is 21.0. The fourth-order valence-electron chi connectivity index (χ4n) is 2.91. The first-order chi connectivity index (χ1) is 11.2. The minimum absolute atomic E-state index is 0.234. The molecule has 0 amide bonds. The Balaban J connectivity index is 1.68. The largest absolute Gasteiger partial charge is 0.363 e. The van der Waals surface area contributed by atoms with Crippen molar-refractivity contribution in [3.8, 4) is 11.4 Å². The Morgan fingerprint density at radius 1 is 1.26 bits per heavy atom. The summed E-state index contributed by atoms with van der Waals surface area (Å²) in [6, 6.07) is 9.52. The molecule has 4 rings (SSSR count). The summed E-state index contributed by atoms with van der Waals surface area (Å²) in [5.41, 5.74) is 3.78. The van der Waals surface area contributed by atoms with Crippen molar-refractivity contribution in [2.24, 2.45) is 0 Å². The van der Waals surface area contributed by atoms with Crippen LogP contribution in [0, 0.1) is 6.92 Å². The van der Waals surface area contributed by atoms with Crippen LogP contribution in [-0.4, -0.2) is 39.7 Å². The number of rotatable bonds is 3. The minimum Gasteiger partial charge on any atom is -0.363 e. The molecule has 2 N–H and O–H groups in total. The number of aryl methyl sites for hydroxylation is 1. The van der Waals surface area contributed by atoms with E-state index < -0.39 is 6.17 Å². The van der Waals surface area contributed by atoms with E-state index in [1.807, 2.05) is 54.0 Å². The zero-order valence-electron chi connectivity index (χ0n) is 12.8. The number of hydrogen-bond donors (Lipinski definition) is 2. The maximum atomic E-state index is 13.7. The smallest absolute Gasteiger partial charge is 0.137 e. The summed E-state index contributed by atoms with van der Waals surface area (Å²) in [6.07, 6.45) is 2.97. The van der Waals surface area contributed by atoms with Gasteiger partial charge >= 0.3 is 0 Å². The molecular formula is C17H18FN5. The fraction of sp³-hybridized carbons (Fsp3) is 0.294. The summed E-state index contributed by atoms with van der Waals surface area (Å²) < 4.78 is 15.8. The molecule has 0 unspecified atom stereocenters. The van der Waals surface area contributed by atoms with Crippen LogP contribution in [0.15, 0.2) is 42.7 Å². The van der Waals surface area contributed by atoms with E-state index in [4.69, 9.17) is 0 Å². The Morgan fingerprint density at radius 3 is 3.00 bits per heavy atom. The van der Waals surface area contributed by atoms with Crippen molar-refractivity contribution in [2.75, 3.05) is 18.4 Å². The Bertz CT molecular complexity index is 844. The molecule has 5 nitrogen and oxygen atoms in total. The molecule has 0 spiro atoms. The monoisotopic (exact) mass is 311 g/mol. The quantitative estimate of drug-likeness (QED) is 0.780. The molecule has 0 aromatic carbocycles. The molecule has 1 fully saturated rings. The van der Waals surface area contributed by atoms with Crippen LogP contribution >= 0.6 is 0 Å². The topological polar surface area (TPSA) is 54.2 Å². The second kappa shape index (κ2) is 5.62. The number of aromatic nitrogens is 3. The summed E-state index contributed by atoms with van der Waals surface area (Å²) >= 11 is 0. The molecule has 0 aliphatic carbocycles. The number of anilines is 1. The highest BCUT2D eigenvalue weighted by Gasteiger charge is 2.26. The van der Waals surface area contributed by atoms with E-state index >= 15 is 0 Å². The number of halogens is 1. The molecule has 6 heteroatoms. The highest BCUT2D eigenvalue weighted by atomic mass is 19.1. The van der Waals surface area contributed by atoms with E-state index in [0.717, 1.165) is 22.6 Å². The molecule has 1 aliphatic rings. The number of nitrogens with one attached hydrogen (secondary N) is 2. The van der Waals surface area contributed by atoms with Gasteiger partial charge in [-0.05, 0) is 30.7 Å². The Hall–Kier alpha value is -2.47. The third-order valence-electron chi connectivity index (χ3n) is 4.14. The molecule has 4 heterocycles. The van der Waals surface area contributed by atoms with E-state index in [9.17, 15) is 4.39 Å². The van der Waals surface area contributed by atoms with Crippen molar-refractivity contribution in [3.63, 3.8) is 0 Å². The van der Waals surface area contributed by atoms with E-state index in [1.54, 1.807) is 0 Å². The van der Waals surface area contributed by atoms with Crippen LogP contribution in [0.5, 0.6) is 0 Å². The summed E-state index contributed by atoms with van der Waals surface area (Å²) in [5, 5.41) is 6.21. The number of hydrogen-bond acceptors (Lipinski definition) is 4. The minimum atomic E-state index is -0.890. The van der Waals surface area contributed by atoms with Crippen molar-refractivity contribution in [2.45, 2.75) is 19.1 Å². The molecule has 1 saturated heterocycles. The molecule has 2 atom stereocenters. The van der Waals surface area contributed by atoms with Gasteiger partial charge in [-0.3, -0.25) is 4.40 Å². The van der Waals surface area contributed by atoms with Gasteiger partial charge in [0.2, 0.25) is 0 Å². The molecule has 118 valence electrons. The van der Waals surface area contributed by atoms with Gasteiger partial charge in [0.05, 0.1) is 23.6 Å². The lowest BCUT2D eigenvalue weighted by molar-refractivity contribution is 0.342. The van der Waals surface area contributed by atoms with Crippen molar-refractivity contribution < 1.29 is 4.39 Å². The molecule has 3 aromatic heterocycles. The highest BCUT2D eigenvalue weighted by Crippen LogP contribution is 2.22. The van der Waals surface area contributed by atoms with Crippen LogP contribution in [0.25, 0.3) is 17.0 Å². The lowest BCUT2D eigenvalue weighted by atomic mass is 10.2. The van der Waals surface area contributed by atoms with Crippen molar-refractivity contribution in [3.05, 3.63) is 48.3 Å². The zero-order valence-corrected chi connectivity index (χ0v) is 12.8. The third kappa shape index (κ3) is 2.66. The predicted molar refractivity (Wildman–Crippen MR) is 88.3 cm³/mol. The average molecular weight is 311 g/mol. The van der Waals surface area contributed by atoms with Crippen molar-refractivity contribution >= 4 is 11.5 Å². The van der Waals surface area contributed by atoms with Crippen LogP contribution in [0.1, 0.15) is 5.56 Å². The summed E-state index contributed by atoms with van der Waals surface area (Å²) in [7, 11) is 0. The first kappa shape index (κ1) is 14.1. The molecule has 3 aromatic rings. The standard InChI is InChI=1S/C17H18FN5/c1-11-5-6-17-20-9-15(23(17)10-11)13-3-2-4-16(21-13)22-14-8-19-7-12(14)18/h2-6,9-10,12,14,19H,7-8H2,1H3,(H,21,22)/t12-,14-/m0/s1. The second-order valence-electron chi connectivity index (χ2n) is 5.91. The third-order valence-corrected chi connectivity index (χ3v) is 4.14. The lowest BCUT2D eigenvalue weighted by Gasteiger charge is -2.15. The Labute approximate surface area is 133 Å². The number of alkyl halides is 1. The van der Waals surface area contributed by atoms with Gasteiger partial charge in [-0.2, -0.15) is 0 Å². The lowest BCUT2D eigenvalue weighted by Crippen LogP contribution is -2.29. The van der Waals surface area contributed by atoms with Crippen LogP contribution in [0.4, 0.5) is 10.2 Å². The van der Waals surface area contributed by atoms with E-state index in [1.165, 1.54) is 0 Å². The number of nitrogens with zero attached hydrogens (tertiary/aromatic N) is 3. The highest BCUT2D eigenvalue weighted by molar-refractivity contribution is 5.62. The molecular weight excluding hydrogens is 293 g/mol. The van der Waals surface area contributed by atoms with Crippen molar-refractivity contribution in [1.82, 2.24) is 19.7 Å². The molecule has 1 aliphatic heterocycles. The van der Waals surface area contributed by atoms with Gasteiger partial charge in [-0.1, -0.05) is 12.1 Å². The van der Waals surface area contributed by atoms with Gasteiger partial charge in [0.1, 0.15) is 17.6 Å². The molecule has 0 bridgehead atoms. The van der Waals surface area contributed by atoms with Gasteiger partial charge in [0, 0.05) is 19.3 Å². The maximum absolute atomic E-state index is 13.7. The second-order valence-corrected chi connectivity index (χ2v) is 5.91. The summed E-state index contributed by atoms with van der Waals surface area (Å²) in [5.74, 6) is 0.682. The number of fused-ring (bicyclic) bond motifs is 1. The average Bonchev–Trinajstić information content (AvgIpc) is 3.14. The van der Waals surface area contributed by atoms with Gasteiger partial charge in [-0.25, -0.2) is 14.4 Å². The van der Waals surface area contributed by atoms with Crippen LogP contribution in [0.2, 0.25) is 0 Å².